The highest BCUT2D eigenvalue weighted by molar-refractivity contribution is 5.33. The predicted molar refractivity (Wildman–Crippen MR) is 119 cm³/mol. The number of hydrogen-bond acceptors (Lipinski definition) is 1. The van der Waals surface area contributed by atoms with E-state index in [-0.39, 0.29) is 11.7 Å². The predicted octanol–water partition coefficient (Wildman–Crippen LogP) is 8.27. The number of benzene rings is 1. The highest BCUT2D eigenvalue weighted by Gasteiger charge is 2.43. The second-order valence-corrected chi connectivity index (χ2v) is 10.3. The average molecular weight is 419 g/mol. The maximum absolute atomic E-state index is 14.6. The fourth-order valence-corrected chi connectivity index (χ4v) is 7.27. The lowest BCUT2D eigenvalue weighted by Crippen LogP contribution is -2.17. The summed E-state index contributed by atoms with van der Waals surface area (Å²) in [7, 11) is 0. The van der Waals surface area contributed by atoms with Crippen LogP contribution in [-0.4, -0.2) is 6.61 Å². The molecule has 0 aliphatic heterocycles. The van der Waals surface area contributed by atoms with E-state index in [9.17, 15) is 8.78 Å². The minimum atomic E-state index is -0.815. The Hall–Kier alpha value is -1.12. The first kappa shape index (κ1) is 22.1. The first-order valence-corrected chi connectivity index (χ1v) is 12.7. The van der Waals surface area contributed by atoms with Gasteiger partial charge in [-0.2, -0.15) is 4.39 Å². The first-order chi connectivity index (χ1) is 14.6. The van der Waals surface area contributed by atoms with Crippen LogP contribution >= 0.6 is 0 Å². The van der Waals surface area contributed by atoms with E-state index in [4.69, 9.17) is 4.74 Å². The monoisotopic (exact) mass is 418 g/mol. The number of hydrogen-bond donors (Lipinski definition) is 0. The largest absolute Gasteiger partial charge is 0.491 e. The van der Waals surface area contributed by atoms with E-state index in [0.717, 1.165) is 55.3 Å². The highest BCUT2D eigenvalue weighted by atomic mass is 19.2. The van der Waals surface area contributed by atoms with Crippen molar-refractivity contribution >= 4 is 0 Å². The van der Waals surface area contributed by atoms with Crippen molar-refractivity contribution in [2.24, 2.45) is 29.6 Å². The molecule has 168 valence electrons. The molecule has 4 unspecified atom stereocenters. The normalized spacial score (nSPS) is 33.6. The molecule has 4 rings (SSSR count). The molecule has 1 nitrogen and oxygen atoms in total. The van der Waals surface area contributed by atoms with E-state index in [1.54, 1.807) is 19.1 Å². The Bertz CT molecular complexity index is 694. The average Bonchev–Trinajstić information content (AvgIpc) is 3.34. The van der Waals surface area contributed by atoms with E-state index < -0.39 is 11.6 Å². The van der Waals surface area contributed by atoms with Crippen LogP contribution in [0.4, 0.5) is 8.78 Å². The van der Waals surface area contributed by atoms with Gasteiger partial charge >= 0.3 is 0 Å². The maximum atomic E-state index is 14.6. The lowest BCUT2D eigenvalue weighted by atomic mass is 9.75. The van der Waals surface area contributed by atoms with Crippen LogP contribution in [0.2, 0.25) is 0 Å². The Morgan fingerprint density at radius 1 is 0.767 bits per heavy atom. The summed E-state index contributed by atoms with van der Waals surface area (Å²) >= 11 is 0. The van der Waals surface area contributed by atoms with Crippen molar-refractivity contribution in [3.63, 3.8) is 0 Å². The molecule has 0 bridgehead atoms. The van der Waals surface area contributed by atoms with Crippen molar-refractivity contribution in [1.82, 2.24) is 0 Å². The van der Waals surface area contributed by atoms with Gasteiger partial charge < -0.3 is 4.74 Å². The van der Waals surface area contributed by atoms with Crippen molar-refractivity contribution < 1.29 is 13.5 Å². The molecule has 3 saturated carbocycles. The molecular weight excluding hydrogens is 378 g/mol. The van der Waals surface area contributed by atoms with Gasteiger partial charge in [0.05, 0.1) is 6.61 Å². The van der Waals surface area contributed by atoms with Crippen molar-refractivity contribution in [3.8, 4) is 5.75 Å². The van der Waals surface area contributed by atoms with Crippen molar-refractivity contribution in [1.29, 1.82) is 0 Å². The Kier molecular flexibility index (Phi) is 7.36. The molecule has 3 aliphatic carbocycles. The molecule has 1 aromatic carbocycles. The molecule has 3 fully saturated rings. The highest BCUT2D eigenvalue weighted by Crippen LogP contribution is 2.53. The van der Waals surface area contributed by atoms with Crippen molar-refractivity contribution in [2.75, 3.05) is 6.61 Å². The number of ether oxygens (including phenoxy) is 1. The summed E-state index contributed by atoms with van der Waals surface area (Å²) in [5, 5.41) is 0. The van der Waals surface area contributed by atoms with Crippen LogP contribution in [0, 0.1) is 41.2 Å². The molecule has 0 amide bonds. The Labute approximate surface area is 182 Å². The molecule has 3 aliphatic rings. The lowest BCUT2D eigenvalue weighted by Gasteiger charge is -2.30. The molecule has 30 heavy (non-hydrogen) atoms. The topological polar surface area (TPSA) is 9.23 Å². The number of fused-ring (bicyclic) bond motifs is 1. The zero-order valence-electron chi connectivity index (χ0n) is 19.0. The van der Waals surface area contributed by atoms with Gasteiger partial charge in [0.1, 0.15) is 0 Å². The maximum Gasteiger partial charge on any atom is 0.200 e. The third-order valence-corrected chi connectivity index (χ3v) is 8.77. The van der Waals surface area contributed by atoms with Crippen LogP contribution < -0.4 is 4.74 Å². The second-order valence-electron chi connectivity index (χ2n) is 10.3. The molecular formula is C27H40F2O. The lowest BCUT2D eigenvalue weighted by molar-refractivity contribution is 0.250. The molecule has 0 heterocycles. The molecule has 3 heteroatoms. The second kappa shape index (κ2) is 10.0. The molecule has 0 saturated heterocycles. The zero-order chi connectivity index (χ0) is 21.1. The van der Waals surface area contributed by atoms with Gasteiger partial charge in [0.15, 0.2) is 11.6 Å². The summed E-state index contributed by atoms with van der Waals surface area (Å²) < 4.78 is 34.0. The van der Waals surface area contributed by atoms with Gasteiger partial charge in [0.25, 0.3) is 0 Å². The Morgan fingerprint density at radius 2 is 1.43 bits per heavy atom. The van der Waals surface area contributed by atoms with Crippen LogP contribution in [0.25, 0.3) is 0 Å². The first-order valence-electron chi connectivity index (χ1n) is 12.7. The van der Waals surface area contributed by atoms with Gasteiger partial charge in [-0.05, 0) is 112 Å². The van der Waals surface area contributed by atoms with E-state index in [0.29, 0.717) is 12.2 Å². The SMILES string of the molecule is CCCC1CCC2C(CCC3CCC(c4ccc(OCC)c(F)c4F)CC3)CCC12. The molecule has 1 aromatic rings. The fourth-order valence-electron chi connectivity index (χ4n) is 7.27. The van der Waals surface area contributed by atoms with Crippen molar-refractivity contribution in [3.05, 3.63) is 29.3 Å². The van der Waals surface area contributed by atoms with E-state index in [1.807, 2.05) is 0 Å². The van der Waals surface area contributed by atoms with E-state index in [1.165, 1.54) is 51.4 Å². The van der Waals surface area contributed by atoms with Gasteiger partial charge in [-0.25, -0.2) is 4.39 Å². The van der Waals surface area contributed by atoms with E-state index in [2.05, 4.69) is 6.92 Å². The third-order valence-electron chi connectivity index (χ3n) is 8.77. The minimum absolute atomic E-state index is 0.0374. The fraction of sp³-hybridized carbons (Fsp3) is 0.778. The minimum Gasteiger partial charge on any atom is -0.491 e. The molecule has 0 N–H and O–H groups in total. The standard InChI is InChI=1S/C27H40F2O/c1-3-5-19-12-14-23-20(13-15-22(19)23)9-6-18-7-10-21(11-8-18)24-16-17-25(30-4-2)27(29)26(24)28/h16-23H,3-15H2,1-2H3. The van der Waals surface area contributed by atoms with Gasteiger partial charge in [0.2, 0.25) is 5.82 Å². The zero-order valence-corrected chi connectivity index (χ0v) is 19.0. The summed E-state index contributed by atoms with van der Waals surface area (Å²) in [5.41, 5.74) is 0.556. The van der Waals surface area contributed by atoms with Gasteiger partial charge in [-0.15, -0.1) is 0 Å². The number of halogens is 2. The van der Waals surface area contributed by atoms with Crippen molar-refractivity contribution in [2.45, 2.75) is 96.8 Å². The summed E-state index contributed by atoms with van der Waals surface area (Å²) in [5.74, 6) is 3.50. The molecule has 0 aromatic heterocycles. The third kappa shape index (κ3) is 4.55. The summed E-state index contributed by atoms with van der Waals surface area (Å²) in [6.45, 7) is 4.47. The summed E-state index contributed by atoms with van der Waals surface area (Å²) in [6.07, 6.45) is 15.8. The van der Waals surface area contributed by atoms with Crippen LogP contribution in [0.1, 0.15) is 102 Å². The summed E-state index contributed by atoms with van der Waals surface area (Å²) in [4.78, 5) is 0. The van der Waals surface area contributed by atoms with Gasteiger partial charge in [-0.1, -0.05) is 32.3 Å². The number of rotatable bonds is 8. The Morgan fingerprint density at radius 3 is 2.07 bits per heavy atom. The smallest absolute Gasteiger partial charge is 0.200 e. The quantitative estimate of drug-likeness (QED) is 0.413. The van der Waals surface area contributed by atoms with Gasteiger partial charge in [0, 0.05) is 0 Å². The molecule has 4 atom stereocenters. The van der Waals surface area contributed by atoms with Crippen LogP contribution in [-0.2, 0) is 0 Å². The van der Waals surface area contributed by atoms with Crippen LogP contribution in [0.5, 0.6) is 5.75 Å². The van der Waals surface area contributed by atoms with Crippen LogP contribution in [0.15, 0.2) is 12.1 Å². The van der Waals surface area contributed by atoms with Crippen LogP contribution in [0.3, 0.4) is 0 Å². The summed E-state index contributed by atoms with van der Waals surface area (Å²) in [6, 6.07) is 3.35. The Balaban J connectivity index is 1.25. The molecule has 0 spiro atoms. The van der Waals surface area contributed by atoms with E-state index >= 15 is 0 Å². The molecule has 0 radical (unpaired) electrons. The van der Waals surface area contributed by atoms with Gasteiger partial charge in [-0.3, -0.25) is 0 Å².